The maximum atomic E-state index is 2.45. The summed E-state index contributed by atoms with van der Waals surface area (Å²) in [7, 11) is 0. The van der Waals surface area contributed by atoms with Gasteiger partial charge >= 0.3 is 0 Å². The van der Waals surface area contributed by atoms with Gasteiger partial charge in [0.05, 0.1) is 22.1 Å². The summed E-state index contributed by atoms with van der Waals surface area (Å²) in [5, 5.41) is 4.93. The number of para-hydroxylation sites is 2. The van der Waals surface area contributed by atoms with E-state index in [1.807, 2.05) is 0 Å². The number of aromatic nitrogens is 2. The molecule has 404 valence electrons. The normalized spacial score (nSPS) is 11.5. The van der Waals surface area contributed by atoms with Crippen molar-refractivity contribution < 1.29 is 0 Å². The van der Waals surface area contributed by atoms with Gasteiger partial charge in [-0.15, -0.1) is 0 Å². The van der Waals surface area contributed by atoms with Gasteiger partial charge in [-0.3, -0.25) is 0 Å². The molecule has 0 aliphatic carbocycles. The van der Waals surface area contributed by atoms with E-state index in [2.05, 4.69) is 339 Å². The largest absolute Gasteiger partial charge is 0.310 e. The SMILES string of the molecule is Cc1cccc(-c2cc(-c3cccc(N(c4ccc(-n5c6ccccc6c6ccc(-c7ccccc7)cc65)cc4)c4ccc(-n5c6ccccc6c6ccc(-c7ccccc7)cc65)cc4)c3)cc(-c3c(C)cc(C)cc3C)c2-c2ccccc2)c1. The third-order valence-corrected chi connectivity index (χ3v) is 17.2. The fourth-order valence-corrected chi connectivity index (χ4v) is 13.5. The van der Waals surface area contributed by atoms with E-state index >= 15 is 0 Å². The van der Waals surface area contributed by atoms with E-state index < -0.39 is 0 Å². The van der Waals surface area contributed by atoms with Crippen LogP contribution in [0.3, 0.4) is 0 Å². The highest BCUT2D eigenvalue weighted by atomic mass is 15.1. The number of rotatable bonds is 11. The van der Waals surface area contributed by atoms with Crippen molar-refractivity contribution in [2.75, 3.05) is 4.90 Å². The van der Waals surface area contributed by atoms with E-state index in [4.69, 9.17) is 0 Å². The van der Waals surface area contributed by atoms with Gasteiger partial charge in [0.1, 0.15) is 0 Å². The first-order valence-corrected chi connectivity index (χ1v) is 29.5. The van der Waals surface area contributed by atoms with Gasteiger partial charge < -0.3 is 14.0 Å². The molecule has 15 rings (SSSR count). The molecule has 0 spiro atoms. The van der Waals surface area contributed by atoms with Gasteiger partial charge in [-0.25, -0.2) is 0 Å². The molecule has 15 aromatic rings. The van der Waals surface area contributed by atoms with Gasteiger partial charge in [0.15, 0.2) is 0 Å². The van der Waals surface area contributed by atoms with Gasteiger partial charge in [-0.2, -0.15) is 0 Å². The molecule has 0 fully saturated rings. The molecule has 0 atom stereocenters. The summed E-state index contributed by atoms with van der Waals surface area (Å²) in [4.78, 5) is 2.42. The van der Waals surface area contributed by atoms with Gasteiger partial charge in [0.25, 0.3) is 0 Å². The molecule has 3 nitrogen and oxygen atoms in total. The van der Waals surface area contributed by atoms with Gasteiger partial charge in [-0.1, -0.05) is 211 Å². The maximum absolute atomic E-state index is 2.45. The Kier molecular flexibility index (Phi) is 12.8. The summed E-state index contributed by atoms with van der Waals surface area (Å²) in [6.07, 6.45) is 0. The lowest BCUT2D eigenvalue weighted by atomic mass is 9.82. The fourth-order valence-electron chi connectivity index (χ4n) is 13.5. The quantitative estimate of drug-likeness (QED) is 0.126. The Morgan fingerprint density at radius 2 is 0.671 bits per heavy atom. The third kappa shape index (κ3) is 9.18. The van der Waals surface area contributed by atoms with Crippen molar-refractivity contribution >= 4 is 60.7 Å². The first-order valence-electron chi connectivity index (χ1n) is 29.5. The summed E-state index contributed by atoms with van der Waals surface area (Å²) < 4.78 is 4.85. The second-order valence-electron chi connectivity index (χ2n) is 22.8. The number of fused-ring (bicyclic) bond motifs is 6. The van der Waals surface area contributed by atoms with E-state index in [0.717, 1.165) is 39.6 Å². The van der Waals surface area contributed by atoms with Crippen molar-refractivity contribution in [2.24, 2.45) is 0 Å². The van der Waals surface area contributed by atoms with E-state index in [9.17, 15) is 0 Å². The van der Waals surface area contributed by atoms with Crippen LogP contribution in [0.4, 0.5) is 17.1 Å². The predicted molar refractivity (Wildman–Crippen MR) is 361 cm³/mol. The summed E-state index contributed by atoms with van der Waals surface area (Å²) >= 11 is 0. The Labute approximate surface area is 497 Å². The average molecular weight is 1090 g/mol. The van der Waals surface area contributed by atoms with Gasteiger partial charge in [-0.05, 0) is 203 Å². The minimum atomic E-state index is 1.05. The summed E-state index contributed by atoms with van der Waals surface area (Å²) in [6, 6.07) is 110. The molecular weight excluding hydrogens is 1030 g/mol. The minimum absolute atomic E-state index is 1.05. The molecule has 2 aromatic heterocycles. The number of nitrogens with zero attached hydrogens (tertiary/aromatic N) is 3. The molecule has 0 saturated heterocycles. The molecule has 0 aliphatic heterocycles. The molecule has 0 N–H and O–H groups in total. The van der Waals surface area contributed by atoms with Gasteiger partial charge in [0, 0.05) is 50.0 Å². The monoisotopic (exact) mass is 1090 g/mol. The number of anilines is 3. The van der Waals surface area contributed by atoms with Crippen molar-refractivity contribution in [3.63, 3.8) is 0 Å². The first-order chi connectivity index (χ1) is 41.8. The molecule has 0 amide bonds. The molecule has 3 heteroatoms. The van der Waals surface area contributed by atoms with Crippen molar-refractivity contribution in [2.45, 2.75) is 27.7 Å². The van der Waals surface area contributed by atoms with E-state index in [-0.39, 0.29) is 0 Å². The van der Waals surface area contributed by atoms with E-state index in [1.54, 1.807) is 0 Å². The summed E-state index contributed by atoms with van der Waals surface area (Å²) in [5.41, 5.74) is 29.5. The van der Waals surface area contributed by atoms with Crippen LogP contribution in [0.2, 0.25) is 0 Å². The van der Waals surface area contributed by atoms with Crippen molar-refractivity contribution in [3.8, 4) is 78.1 Å². The Morgan fingerprint density at radius 1 is 0.235 bits per heavy atom. The molecule has 85 heavy (non-hydrogen) atoms. The van der Waals surface area contributed by atoms with Crippen LogP contribution in [0.1, 0.15) is 22.3 Å². The predicted octanol–water partition coefficient (Wildman–Crippen LogP) is 22.6. The summed E-state index contributed by atoms with van der Waals surface area (Å²) in [5.74, 6) is 0. The maximum Gasteiger partial charge on any atom is 0.0547 e. The highest BCUT2D eigenvalue weighted by molar-refractivity contribution is 6.11. The van der Waals surface area contributed by atoms with Crippen LogP contribution in [-0.2, 0) is 0 Å². The number of benzene rings is 13. The smallest absolute Gasteiger partial charge is 0.0547 e. The molecule has 0 aliphatic rings. The molecule has 13 aromatic carbocycles. The lowest BCUT2D eigenvalue weighted by Crippen LogP contribution is -2.10. The Morgan fingerprint density at radius 3 is 1.20 bits per heavy atom. The zero-order chi connectivity index (χ0) is 57.1. The molecular formula is C82H61N3. The zero-order valence-electron chi connectivity index (χ0n) is 48.1. The first kappa shape index (κ1) is 51.2. The molecule has 2 heterocycles. The Balaban J connectivity index is 0.915. The van der Waals surface area contributed by atoms with Crippen LogP contribution in [0, 0.1) is 27.7 Å². The highest BCUT2D eigenvalue weighted by Crippen LogP contribution is 2.47. The van der Waals surface area contributed by atoms with Crippen LogP contribution >= 0.6 is 0 Å². The number of hydrogen-bond acceptors (Lipinski definition) is 1. The van der Waals surface area contributed by atoms with E-state index in [1.165, 1.54) is 122 Å². The molecule has 0 bridgehead atoms. The van der Waals surface area contributed by atoms with Gasteiger partial charge in [0.2, 0.25) is 0 Å². The van der Waals surface area contributed by atoms with Crippen molar-refractivity contribution in [1.82, 2.24) is 9.13 Å². The lowest BCUT2D eigenvalue weighted by Gasteiger charge is -2.27. The molecule has 0 radical (unpaired) electrons. The lowest BCUT2D eigenvalue weighted by molar-refractivity contribution is 1.17. The molecule has 0 unspecified atom stereocenters. The van der Waals surface area contributed by atoms with Crippen LogP contribution < -0.4 is 4.90 Å². The van der Waals surface area contributed by atoms with Crippen LogP contribution in [0.5, 0.6) is 0 Å². The average Bonchev–Trinajstić information content (AvgIpc) is 2.73. The Hall–Kier alpha value is -10.7. The standard InChI is InChI=1S/C82H61N3/c1-54-20-18-28-64(48-54)75-50-65(51-76(82(75)60-25-12-7-13-26-60)81-56(3)46-55(2)47-57(81)4)61-27-19-29-70(49-61)83(66-36-40-68(41-37-66)84-77-32-16-14-30-71(77)73-44-34-62(52-79(73)84)58-21-8-5-9-22-58)67-38-42-69(43-39-67)85-78-33-17-15-31-72(78)74-45-35-63(53-80(74)85)59-23-10-6-11-24-59/h5-53H,1-4H3. The molecule has 0 saturated carbocycles. The highest BCUT2D eigenvalue weighted by Gasteiger charge is 2.23. The van der Waals surface area contributed by atoms with Crippen LogP contribution in [0.25, 0.3) is 122 Å². The van der Waals surface area contributed by atoms with Crippen LogP contribution in [0.15, 0.2) is 297 Å². The van der Waals surface area contributed by atoms with Crippen LogP contribution in [-0.4, -0.2) is 9.13 Å². The zero-order valence-corrected chi connectivity index (χ0v) is 48.1. The van der Waals surface area contributed by atoms with Crippen molar-refractivity contribution in [3.05, 3.63) is 320 Å². The number of hydrogen-bond donors (Lipinski definition) is 0. The second-order valence-corrected chi connectivity index (χ2v) is 22.8. The third-order valence-electron chi connectivity index (χ3n) is 17.2. The Bertz CT molecular complexity index is 4790. The fraction of sp³-hybridized carbons (Fsp3) is 0.0488. The number of aryl methyl sites for hydroxylation is 4. The topological polar surface area (TPSA) is 13.1 Å². The summed E-state index contributed by atoms with van der Waals surface area (Å²) in [6.45, 7) is 8.93. The van der Waals surface area contributed by atoms with Crippen molar-refractivity contribution in [1.29, 1.82) is 0 Å². The second kappa shape index (κ2) is 21.2. The van der Waals surface area contributed by atoms with E-state index in [0.29, 0.717) is 0 Å². The minimum Gasteiger partial charge on any atom is -0.310 e.